The van der Waals surface area contributed by atoms with Gasteiger partial charge in [-0.1, -0.05) is 29.8 Å². The molecule has 150 valence electrons. The van der Waals surface area contributed by atoms with Gasteiger partial charge in [-0.2, -0.15) is 0 Å². The van der Waals surface area contributed by atoms with Crippen LogP contribution >= 0.6 is 24.0 Å². The van der Waals surface area contributed by atoms with Gasteiger partial charge in [0.15, 0.2) is 5.78 Å². The van der Waals surface area contributed by atoms with E-state index in [1.807, 2.05) is 18.0 Å². The molecule has 2 aromatic carbocycles. The highest BCUT2D eigenvalue weighted by molar-refractivity contribution is 6.30. The number of ketones is 1. The Hall–Kier alpha value is -1.88. The second-order valence-corrected chi connectivity index (χ2v) is 7.45. The molecule has 1 heterocycles. The zero-order chi connectivity index (χ0) is 19.2. The van der Waals surface area contributed by atoms with Crippen LogP contribution in [0, 0.1) is 5.92 Å². The zero-order valence-electron chi connectivity index (χ0n) is 16.0. The van der Waals surface area contributed by atoms with E-state index in [2.05, 4.69) is 5.32 Å². The number of rotatable bonds is 6. The van der Waals surface area contributed by atoms with E-state index in [-0.39, 0.29) is 24.1 Å². The maximum Gasteiger partial charge on any atom is 0.254 e. The highest BCUT2D eigenvalue weighted by Gasteiger charge is 2.26. The van der Waals surface area contributed by atoms with Crippen LogP contribution in [0.3, 0.4) is 0 Å². The third-order valence-corrected chi connectivity index (χ3v) is 5.46. The fraction of sp³-hybridized carbons (Fsp3) is 0.364. The van der Waals surface area contributed by atoms with Crippen LogP contribution in [0.1, 0.15) is 45.5 Å². The van der Waals surface area contributed by atoms with Gasteiger partial charge in [0.25, 0.3) is 5.91 Å². The van der Waals surface area contributed by atoms with E-state index in [1.54, 1.807) is 42.5 Å². The van der Waals surface area contributed by atoms with Gasteiger partial charge in [-0.15, -0.1) is 12.4 Å². The van der Waals surface area contributed by atoms with Gasteiger partial charge in [-0.25, -0.2) is 0 Å². The monoisotopic (exact) mass is 420 g/mol. The lowest BCUT2D eigenvalue weighted by molar-refractivity contribution is 0.0683. The first kappa shape index (κ1) is 22.4. The number of piperidine rings is 1. The van der Waals surface area contributed by atoms with Crippen LogP contribution in [0.5, 0.6) is 0 Å². The summed E-state index contributed by atoms with van der Waals surface area (Å²) in [6, 6.07) is 13.8. The van der Waals surface area contributed by atoms with Crippen molar-refractivity contribution in [1.29, 1.82) is 0 Å². The van der Waals surface area contributed by atoms with Crippen LogP contribution in [-0.4, -0.2) is 43.3 Å². The number of halogens is 2. The predicted octanol–water partition coefficient (Wildman–Crippen LogP) is 4.45. The van der Waals surface area contributed by atoms with Crippen LogP contribution in [0.4, 0.5) is 0 Å². The molecule has 0 bridgehead atoms. The number of likely N-dealkylation sites (tertiary alicyclic amines) is 1. The molecule has 0 unspecified atom stereocenters. The Balaban J connectivity index is 0.00000280. The molecule has 6 heteroatoms. The fourth-order valence-corrected chi connectivity index (χ4v) is 3.69. The largest absolute Gasteiger partial charge is 0.339 e. The lowest BCUT2D eigenvalue weighted by Crippen LogP contribution is -2.39. The Kier molecular flexibility index (Phi) is 8.49. The molecule has 1 aliphatic heterocycles. The van der Waals surface area contributed by atoms with Gasteiger partial charge in [0.05, 0.1) is 5.56 Å². The van der Waals surface area contributed by atoms with Gasteiger partial charge in [-0.3, -0.25) is 9.59 Å². The van der Waals surface area contributed by atoms with E-state index in [0.717, 1.165) is 38.9 Å². The second-order valence-electron chi connectivity index (χ2n) is 7.01. The van der Waals surface area contributed by atoms with E-state index in [0.29, 0.717) is 27.6 Å². The Labute approximate surface area is 177 Å². The highest BCUT2D eigenvalue weighted by Crippen LogP contribution is 2.23. The summed E-state index contributed by atoms with van der Waals surface area (Å²) in [5.74, 6) is 0.451. The third kappa shape index (κ3) is 5.34. The molecule has 0 aromatic heterocycles. The van der Waals surface area contributed by atoms with Crippen molar-refractivity contribution in [1.82, 2.24) is 10.2 Å². The molecule has 1 N–H and O–H groups in total. The van der Waals surface area contributed by atoms with E-state index >= 15 is 0 Å². The summed E-state index contributed by atoms with van der Waals surface area (Å²) in [6.45, 7) is 2.50. The predicted molar refractivity (Wildman–Crippen MR) is 116 cm³/mol. The van der Waals surface area contributed by atoms with Crippen molar-refractivity contribution >= 4 is 35.7 Å². The van der Waals surface area contributed by atoms with Crippen molar-refractivity contribution < 1.29 is 9.59 Å². The Morgan fingerprint density at radius 1 is 1.04 bits per heavy atom. The highest BCUT2D eigenvalue weighted by atomic mass is 35.5. The minimum atomic E-state index is -0.153. The molecule has 3 rings (SSSR count). The molecule has 0 atom stereocenters. The maximum absolute atomic E-state index is 13.1. The first-order valence-corrected chi connectivity index (χ1v) is 9.81. The number of nitrogens with one attached hydrogen (secondary N) is 1. The molecule has 0 radical (unpaired) electrons. The SMILES string of the molecule is CNCCC1CCN(C(=O)c2ccccc2C(=O)c2ccc(Cl)cc2)CC1.Cl. The summed E-state index contributed by atoms with van der Waals surface area (Å²) >= 11 is 5.91. The molecule has 0 spiro atoms. The van der Waals surface area contributed by atoms with E-state index in [1.165, 1.54) is 0 Å². The van der Waals surface area contributed by atoms with Gasteiger partial charge < -0.3 is 10.2 Å². The molecule has 1 amide bonds. The molecular formula is C22H26Cl2N2O2. The average Bonchev–Trinajstić information content (AvgIpc) is 2.72. The van der Waals surface area contributed by atoms with Gasteiger partial charge in [0.1, 0.15) is 0 Å². The summed E-state index contributed by atoms with van der Waals surface area (Å²) < 4.78 is 0. The molecule has 28 heavy (non-hydrogen) atoms. The fourth-order valence-electron chi connectivity index (χ4n) is 3.57. The number of hydrogen-bond donors (Lipinski definition) is 1. The Bertz CT molecular complexity index is 800. The molecule has 4 nitrogen and oxygen atoms in total. The summed E-state index contributed by atoms with van der Waals surface area (Å²) in [4.78, 5) is 27.9. The maximum atomic E-state index is 13.1. The number of benzene rings is 2. The van der Waals surface area contributed by atoms with Crippen LogP contribution in [-0.2, 0) is 0 Å². The number of hydrogen-bond acceptors (Lipinski definition) is 3. The zero-order valence-corrected chi connectivity index (χ0v) is 17.6. The van der Waals surface area contributed by atoms with Crippen molar-refractivity contribution in [2.24, 2.45) is 5.92 Å². The number of carbonyl (C=O) groups excluding carboxylic acids is 2. The minimum Gasteiger partial charge on any atom is -0.339 e. The van der Waals surface area contributed by atoms with Crippen molar-refractivity contribution in [2.75, 3.05) is 26.7 Å². The number of nitrogens with zero attached hydrogens (tertiary/aromatic N) is 1. The van der Waals surface area contributed by atoms with E-state index < -0.39 is 0 Å². The van der Waals surface area contributed by atoms with Gasteiger partial charge >= 0.3 is 0 Å². The number of amides is 1. The summed E-state index contributed by atoms with van der Waals surface area (Å²) in [5.41, 5.74) is 1.46. The molecule has 1 saturated heterocycles. The van der Waals surface area contributed by atoms with Crippen molar-refractivity contribution in [2.45, 2.75) is 19.3 Å². The normalized spacial score (nSPS) is 14.4. The Morgan fingerprint density at radius 2 is 1.64 bits per heavy atom. The lowest BCUT2D eigenvalue weighted by Gasteiger charge is -2.32. The second kappa shape index (κ2) is 10.6. The van der Waals surface area contributed by atoms with E-state index in [9.17, 15) is 9.59 Å². The molecule has 1 aliphatic rings. The molecule has 2 aromatic rings. The Morgan fingerprint density at radius 3 is 2.25 bits per heavy atom. The quantitative estimate of drug-likeness (QED) is 0.701. The smallest absolute Gasteiger partial charge is 0.254 e. The lowest BCUT2D eigenvalue weighted by atomic mass is 9.92. The van der Waals surface area contributed by atoms with Crippen LogP contribution in [0.15, 0.2) is 48.5 Å². The van der Waals surface area contributed by atoms with Crippen LogP contribution in [0.2, 0.25) is 5.02 Å². The van der Waals surface area contributed by atoms with Crippen LogP contribution in [0.25, 0.3) is 0 Å². The molecule has 0 aliphatic carbocycles. The summed E-state index contributed by atoms with van der Waals surface area (Å²) in [6.07, 6.45) is 3.17. The summed E-state index contributed by atoms with van der Waals surface area (Å²) in [7, 11) is 1.97. The molecule has 1 fully saturated rings. The molecular weight excluding hydrogens is 395 g/mol. The first-order chi connectivity index (χ1) is 13.1. The topological polar surface area (TPSA) is 49.4 Å². The van der Waals surface area contributed by atoms with Gasteiger partial charge in [0.2, 0.25) is 0 Å². The number of carbonyl (C=O) groups is 2. The van der Waals surface area contributed by atoms with Gasteiger partial charge in [0, 0.05) is 29.2 Å². The molecule has 0 saturated carbocycles. The van der Waals surface area contributed by atoms with E-state index in [4.69, 9.17) is 11.6 Å². The minimum absolute atomic E-state index is 0. The first-order valence-electron chi connectivity index (χ1n) is 9.43. The van der Waals surface area contributed by atoms with Crippen LogP contribution < -0.4 is 5.32 Å². The standard InChI is InChI=1S/C22H25ClN2O2.ClH/c1-24-13-10-16-11-14-25(15-12-16)22(27)20-5-3-2-4-19(20)21(26)17-6-8-18(23)9-7-17;/h2-9,16,24H,10-15H2,1H3;1H. The van der Waals surface area contributed by atoms with Gasteiger partial charge in [-0.05, 0) is 69.1 Å². The van der Waals surface area contributed by atoms with Crippen molar-refractivity contribution in [3.63, 3.8) is 0 Å². The summed E-state index contributed by atoms with van der Waals surface area (Å²) in [5, 5.41) is 3.77. The van der Waals surface area contributed by atoms with Crippen molar-refractivity contribution in [3.05, 3.63) is 70.2 Å². The third-order valence-electron chi connectivity index (χ3n) is 5.21. The van der Waals surface area contributed by atoms with Crippen molar-refractivity contribution in [3.8, 4) is 0 Å². The average molecular weight is 421 g/mol.